The number of para-hydroxylation sites is 1. The molecule has 134 valence electrons. The summed E-state index contributed by atoms with van der Waals surface area (Å²) in [6, 6.07) is 15.3. The quantitative estimate of drug-likeness (QED) is 0.887. The number of likely N-dealkylation sites (N-methyl/N-ethyl adjacent to an activating group) is 1. The summed E-state index contributed by atoms with van der Waals surface area (Å²) in [6.07, 6.45) is 0.386. The molecule has 2 aromatic carbocycles. The van der Waals surface area contributed by atoms with Crippen molar-refractivity contribution in [2.45, 2.75) is 18.5 Å². The molecule has 2 heterocycles. The molecule has 1 saturated heterocycles. The van der Waals surface area contributed by atoms with Gasteiger partial charge in [-0.05, 0) is 36.4 Å². The molecule has 0 radical (unpaired) electrons. The molecule has 7 heteroatoms. The molecule has 0 aromatic heterocycles. The minimum atomic E-state index is -1.41. The van der Waals surface area contributed by atoms with E-state index in [-0.39, 0.29) is 24.7 Å². The Labute approximate surface area is 155 Å². The van der Waals surface area contributed by atoms with E-state index in [4.69, 9.17) is 5.26 Å². The van der Waals surface area contributed by atoms with Gasteiger partial charge in [-0.1, -0.05) is 12.1 Å². The maximum absolute atomic E-state index is 13.3. The maximum atomic E-state index is 13.3. The second-order valence-corrected chi connectivity index (χ2v) is 6.57. The summed E-state index contributed by atoms with van der Waals surface area (Å²) in [7, 11) is 1.54. The molecule has 3 amide bonds. The van der Waals surface area contributed by atoms with Crippen LogP contribution in [0.1, 0.15) is 28.8 Å². The Morgan fingerprint density at radius 1 is 1.15 bits per heavy atom. The SMILES string of the molecule is CN1C(=O)c2ccccc2N2C(=O)CC[C@@]12C(=O)Nc1ccc(C#N)cc1. The highest BCUT2D eigenvalue weighted by Gasteiger charge is 2.59. The van der Waals surface area contributed by atoms with Gasteiger partial charge in [0.2, 0.25) is 11.6 Å². The lowest BCUT2D eigenvalue weighted by atomic mass is 9.96. The Balaban J connectivity index is 1.77. The zero-order valence-corrected chi connectivity index (χ0v) is 14.6. The average Bonchev–Trinajstić information content (AvgIpc) is 3.05. The van der Waals surface area contributed by atoms with E-state index in [2.05, 4.69) is 5.32 Å². The first-order valence-electron chi connectivity index (χ1n) is 8.51. The monoisotopic (exact) mass is 360 g/mol. The van der Waals surface area contributed by atoms with Crippen LogP contribution in [0.3, 0.4) is 0 Å². The Hall–Kier alpha value is -3.66. The molecule has 0 aliphatic carbocycles. The molecule has 1 N–H and O–H groups in total. The maximum Gasteiger partial charge on any atom is 0.271 e. The van der Waals surface area contributed by atoms with Crippen LogP contribution in [-0.4, -0.2) is 35.3 Å². The fourth-order valence-corrected chi connectivity index (χ4v) is 3.79. The van der Waals surface area contributed by atoms with Crippen molar-refractivity contribution in [3.8, 4) is 6.07 Å². The number of carbonyl (C=O) groups is 3. The highest BCUT2D eigenvalue weighted by Crippen LogP contribution is 2.44. The highest BCUT2D eigenvalue weighted by atomic mass is 16.2. The zero-order chi connectivity index (χ0) is 19.2. The van der Waals surface area contributed by atoms with Gasteiger partial charge >= 0.3 is 0 Å². The van der Waals surface area contributed by atoms with E-state index >= 15 is 0 Å². The van der Waals surface area contributed by atoms with E-state index in [0.717, 1.165) is 0 Å². The van der Waals surface area contributed by atoms with Crippen LogP contribution in [-0.2, 0) is 9.59 Å². The van der Waals surface area contributed by atoms with Gasteiger partial charge in [-0.25, -0.2) is 0 Å². The molecule has 1 atom stereocenters. The van der Waals surface area contributed by atoms with Gasteiger partial charge < -0.3 is 10.2 Å². The third kappa shape index (κ3) is 2.30. The number of nitrogens with zero attached hydrogens (tertiary/aromatic N) is 3. The van der Waals surface area contributed by atoms with Crippen LogP contribution >= 0.6 is 0 Å². The van der Waals surface area contributed by atoms with Gasteiger partial charge in [0.05, 0.1) is 22.9 Å². The van der Waals surface area contributed by atoms with E-state index in [1.165, 1.54) is 9.80 Å². The van der Waals surface area contributed by atoms with Gasteiger partial charge in [0, 0.05) is 25.6 Å². The molecule has 0 unspecified atom stereocenters. The molecular weight excluding hydrogens is 344 g/mol. The Kier molecular flexibility index (Phi) is 3.70. The number of carbonyl (C=O) groups excluding carboxylic acids is 3. The first-order chi connectivity index (χ1) is 13.0. The number of hydrogen-bond donors (Lipinski definition) is 1. The summed E-state index contributed by atoms with van der Waals surface area (Å²) in [5, 5.41) is 11.7. The van der Waals surface area contributed by atoms with Crippen LogP contribution in [0, 0.1) is 11.3 Å². The first-order valence-corrected chi connectivity index (χ1v) is 8.51. The molecule has 2 aromatic rings. The molecule has 2 aliphatic rings. The number of nitriles is 1. The van der Waals surface area contributed by atoms with Gasteiger partial charge in [-0.15, -0.1) is 0 Å². The lowest BCUT2D eigenvalue weighted by Crippen LogP contribution is -2.68. The molecule has 0 saturated carbocycles. The number of benzene rings is 2. The van der Waals surface area contributed by atoms with Crippen LogP contribution in [0.15, 0.2) is 48.5 Å². The molecule has 7 nitrogen and oxygen atoms in total. The topological polar surface area (TPSA) is 93.5 Å². The van der Waals surface area contributed by atoms with Crippen molar-refractivity contribution in [1.82, 2.24) is 4.90 Å². The van der Waals surface area contributed by atoms with Crippen LogP contribution in [0.5, 0.6) is 0 Å². The third-order valence-corrected chi connectivity index (χ3v) is 5.18. The second-order valence-electron chi connectivity index (χ2n) is 6.57. The van der Waals surface area contributed by atoms with Gasteiger partial charge in [0.15, 0.2) is 0 Å². The molecule has 0 spiro atoms. The van der Waals surface area contributed by atoms with Crippen molar-refractivity contribution in [2.75, 3.05) is 17.3 Å². The van der Waals surface area contributed by atoms with Crippen LogP contribution in [0.25, 0.3) is 0 Å². The van der Waals surface area contributed by atoms with E-state index < -0.39 is 11.6 Å². The number of nitrogens with one attached hydrogen (secondary N) is 1. The van der Waals surface area contributed by atoms with E-state index in [1.54, 1.807) is 55.6 Å². The van der Waals surface area contributed by atoms with E-state index in [1.807, 2.05) is 6.07 Å². The fraction of sp³-hybridized carbons (Fsp3) is 0.200. The Morgan fingerprint density at radius 2 is 1.85 bits per heavy atom. The summed E-state index contributed by atoms with van der Waals surface area (Å²) in [6.45, 7) is 0. The summed E-state index contributed by atoms with van der Waals surface area (Å²) in [5.41, 5.74) is 0.418. The molecule has 27 heavy (non-hydrogen) atoms. The molecule has 0 bridgehead atoms. The van der Waals surface area contributed by atoms with Crippen molar-refractivity contribution in [3.63, 3.8) is 0 Å². The van der Waals surface area contributed by atoms with Crippen molar-refractivity contribution < 1.29 is 14.4 Å². The summed E-state index contributed by atoms with van der Waals surface area (Å²) < 4.78 is 0. The fourth-order valence-electron chi connectivity index (χ4n) is 3.79. The van der Waals surface area contributed by atoms with Crippen LogP contribution < -0.4 is 10.2 Å². The predicted molar refractivity (Wildman–Crippen MR) is 97.8 cm³/mol. The van der Waals surface area contributed by atoms with Crippen LogP contribution in [0.2, 0.25) is 0 Å². The van der Waals surface area contributed by atoms with Gasteiger partial charge in [0.1, 0.15) is 0 Å². The normalized spacial score (nSPS) is 20.7. The number of fused-ring (bicyclic) bond motifs is 3. The number of hydrogen-bond acceptors (Lipinski definition) is 4. The minimum absolute atomic E-state index is 0.173. The van der Waals surface area contributed by atoms with Gasteiger partial charge in [-0.3, -0.25) is 19.3 Å². The van der Waals surface area contributed by atoms with Crippen molar-refractivity contribution >= 4 is 29.1 Å². The minimum Gasteiger partial charge on any atom is -0.322 e. The third-order valence-electron chi connectivity index (χ3n) is 5.18. The Morgan fingerprint density at radius 3 is 2.56 bits per heavy atom. The summed E-state index contributed by atoms with van der Waals surface area (Å²) in [5.74, 6) is -0.952. The van der Waals surface area contributed by atoms with E-state index in [9.17, 15) is 14.4 Å². The van der Waals surface area contributed by atoms with Crippen molar-refractivity contribution in [1.29, 1.82) is 5.26 Å². The van der Waals surface area contributed by atoms with Crippen molar-refractivity contribution in [3.05, 3.63) is 59.7 Å². The van der Waals surface area contributed by atoms with Gasteiger partial charge in [-0.2, -0.15) is 5.26 Å². The molecule has 1 fully saturated rings. The second kappa shape index (κ2) is 5.95. The molecular formula is C20H16N4O3. The average molecular weight is 360 g/mol. The van der Waals surface area contributed by atoms with Crippen LogP contribution in [0.4, 0.5) is 11.4 Å². The number of amides is 3. The zero-order valence-electron chi connectivity index (χ0n) is 14.6. The van der Waals surface area contributed by atoms with E-state index in [0.29, 0.717) is 22.5 Å². The molecule has 2 aliphatic heterocycles. The largest absolute Gasteiger partial charge is 0.322 e. The number of rotatable bonds is 2. The first kappa shape index (κ1) is 16.8. The summed E-state index contributed by atoms with van der Waals surface area (Å²) >= 11 is 0. The Bertz CT molecular complexity index is 1010. The summed E-state index contributed by atoms with van der Waals surface area (Å²) in [4.78, 5) is 41.6. The van der Waals surface area contributed by atoms with Gasteiger partial charge in [0.25, 0.3) is 11.8 Å². The smallest absolute Gasteiger partial charge is 0.271 e. The lowest BCUT2D eigenvalue weighted by Gasteiger charge is -2.47. The number of anilines is 2. The lowest BCUT2D eigenvalue weighted by molar-refractivity contribution is -0.128. The standard InChI is InChI=1S/C20H16N4O3/c1-23-18(26)15-4-2-3-5-16(15)24-17(25)10-11-20(23,24)19(27)22-14-8-6-13(12-21)7-9-14/h2-9H,10-11H2,1H3,(H,22,27)/t20-/m1/s1. The highest BCUT2D eigenvalue weighted by molar-refractivity contribution is 6.18. The van der Waals surface area contributed by atoms with Crippen molar-refractivity contribution in [2.24, 2.45) is 0 Å². The predicted octanol–water partition coefficient (Wildman–Crippen LogP) is 2.11. The molecule has 4 rings (SSSR count).